The number of hydrogen-bond donors (Lipinski definition) is 1. The number of ether oxygens (including phenoxy) is 2. The molecule has 0 saturated carbocycles. The zero-order chi connectivity index (χ0) is 22.5. The largest absolute Gasteiger partial charge is 0.480 e. The van der Waals surface area contributed by atoms with E-state index in [2.05, 4.69) is 87.6 Å². The highest BCUT2D eigenvalue weighted by atomic mass is 127. The molecule has 1 aromatic heterocycles. The maximum Gasteiger partial charge on any atom is 0.344 e. The Labute approximate surface area is 221 Å². The molecule has 3 rings (SSSR count). The molecule has 0 bridgehead atoms. The minimum absolute atomic E-state index is 0.151. The summed E-state index contributed by atoms with van der Waals surface area (Å²) in [5.41, 5.74) is 3.80. The lowest BCUT2D eigenvalue weighted by atomic mass is 10.2. The number of hydrazone groups is 1. The number of fused-ring (bicyclic) bond motifs is 1. The van der Waals surface area contributed by atoms with Gasteiger partial charge in [0, 0.05) is 9.86 Å². The van der Waals surface area contributed by atoms with Gasteiger partial charge in [-0.1, -0.05) is 15.9 Å². The van der Waals surface area contributed by atoms with Crippen LogP contribution in [0, 0.1) is 7.14 Å². The van der Waals surface area contributed by atoms with Crippen LogP contribution in [-0.4, -0.2) is 31.3 Å². The molecule has 7 nitrogen and oxygen atoms in total. The fourth-order valence-corrected chi connectivity index (χ4v) is 6.00. The lowest BCUT2D eigenvalue weighted by molar-refractivity contribution is -0.145. The van der Waals surface area contributed by atoms with E-state index in [1.807, 2.05) is 24.3 Å². The van der Waals surface area contributed by atoms with Crippen LogP contribution >= 0.6 is 77.0 Å². The molecule has 2 aromatic carbocycles. The maximum atomic E-state index is 12.4. The predicted octanol–water partition coefficient (Wildman–Crippen LogP) is 5.87. The molecular weight excluding hydrogens is 762 g/mol. The number of esters is 1. The fourth-order valence-electron chi connectivity index (χ4n) is 2.53. The first-order valence-electron chi connectivity index (χ1n) is 8.78. The Bertz CT molecular complexity index is 1160. The molecule has 0 saturated heterocycles. The first-order chi connectivity index (χ1) is 14.8. The van der Waals surface area contributed by atoms with Gasteiger partial charge in [0.05, 0.1) is 24.4 Å². The van der Waals surface area contributed by atoms with Gasteiger partial charge in [0.25, 0.3) is 0 Å². The van der Waals surface area contributed by atoms with Gasteiger partial charge in [-0.2, -0.15) is 5.10 Å². The topological polar surface area (TPSA) is 90.1 Å². The van der Waals surface area contributed by atoms with Gasteiger partial charge in [0.1, 0.15) is 11.3 Å². The van der Waals surface area contributed by atoms with E-state index in [4.69, 9.17) is 13.9 Å². The molecule has 0 spiro atoms. The van der Waals surface area contributed by atoms with E-state index in [0.717, 1.165) is 27.0 Å². The minimum Gasteiger partial charge on any atom is -0.480 e. The summed E-state index contributed by atoms with van der Waals surface area (Å²) in [6.45, 7) is 1.89. The van der Waals surface area contributed by atoms with Crippen LogP contribution in [0.25, 0.3) is 11.0 Å². The molecule has 11 heteroatoms. The number of hydrogen-bond acceptors (Lipinski definition) is 6. The van der Waals surface area contributed by atoms with Gasteiger partial charge in [0.2, 0.25) is 0 Å². The van der Waals surface area contributed by atoms with Crippen molar-refractivity contribution in [3.8, 4) is 5.75 Å². The molecule has 1 N–H and O–H groups in total. The van der Waals surface area contributed by atoms with Gasteiger partial charge in [-0.3, -0.25) is 4.79 Å². The lowest BCUT2D eigenvalue weighted by Gasteiger charge is -2.10. The van der Waals surface area contributed by atoms with Crippen LogP contribution in [-0.2, 0) is 9.53 Å². The van der Waals surface area contributed by atoms with Crippen LogP contribution in [0.1, 0.15) is 23.0 Å². The van der Waals surface area contributed by atoms with E-state index in [1.54, 1.807) is 13.0 Å². The van der Waals surface area contributed by atoms with Gasteiger partial charge in [-0.05, 0) is 104 Å². The van der Waals surface area contributed by atoms with Crippen molar-refractivity contribution in [1.29, 1.82) is 0 Å². The van der Waals surface area contributed by atoms with Crippen molar-refractivity contribution in [3.05, 3.63) is 57.7 Å². The molecular formula is C20H14Br2I2N2O5. The van der Waals surface area contributed by atoms with Gasteiger partial charge in [-0.15, -0.1) is 0 Å². The number of carbonyl (C=O) groups excluding carboxylic acids is 2. The fraction of sp³-hybridized carbons (Fsp3) is 0.150. The van der Waals surface area contributed by atoms with Crippen LogP contribution in [0.5, 0.6) is 5.75 Å². The number of rotatable bonds is 7. The Kier molecular flexibility index (Phi) is 8.75. The maximum absolute atomic E-state index is 12.4. The van der Waals surface area contributed by atoms with Gasteiger partial charge in [0.15, 0.2) is 12.4 Å². The summed E-state index contributed by atoms with van der Waals surface area (Å²) in [5, 5.41) is 4.80. The standard InChI is InChI=1S/C20H14Br2I2N2O5/c1-2-29-17(27)9-30-19-14(23)3-10(4-15(19)24)8-25-26-20(28)16-6-11-5-12(21)7-13(22)18(11)31-16/h3-8H,2,9H2,1H3,(H,26,28)/b25-8-. The van der Waals surface area contributed by atoms with E-state index in [1.165, 1.54) is 6.21 Å². The molecule has 0 radical (unpaired) electrons. The summed E-state index contributed by atoms with van der Waals surface area (Å²) in [6, 6.07) is 9.01. The SMILES string of the molecule is CCOC(=O)COc1c(I)cc(/C=N\NC(=O)c2cc3cc(Br)cc(Br)c3o2)cc1I. The van der Waals surface area contributed by atoms with Crippen molar-refractivity contribution in [2.45, 2.75) is 6.92 Å². The summed E-state index contributed by atoms with van der Waals surface area (Å²) >= 11 is 11.1. The number of furan rings is 1. The van der Waals surface area contributed by atoms with Crippen LogP contribution in [0.15, 0.2) is 48.8 Å². The smallest absolute Gasteiger partial charge is 0.344 e. The monoisotopic (exact) mass is 774 g/mol. The average molecular weight is 776 g/mol. The highest BCUT2D eigenvalue weighted by Gasteiger charge is 2.15. The number of nitrogens with zero attached hydrogens (tertiary/aromatic N) is 1. The highest BCUT2D eigenvalue weighted by molar-refractivity contribution is 14.1. The molecule has 31 heavy (non-hydrogen) atoms. The molecule has 0 aliphatic heterocycles. The molecule has 1 amide bonds. The number of nitrogens with one attached hydrogen (secondary N) is 1. The molecule has 0 fully saturated rings. The van der Waals surface area contributed by atoms with Crippen molar-refractivity contribution in [1.82, 2.24) is 5.43 Å². The number of halogens is 4. The third kappa shape index (κ3) is 6.42. The van der Waals surface area contributed by atoms with Gasteiger partial charge < -0.3 is 13.9 Å². The van der Waals surface area contributed by atoms with E-state index in [9.17, 15) is 9.59 Å². The van der Waals surface area contributed by atoms with Crippen molar-refractivity contribution in [2.24, 2.45) is 5.10 Å². The Hall–Kier alpha value is -1.19. The average Bonchev–Trinajstić information content (AvgIpc) is 3.12. The second-order valence-corrected chi connectivity index (χ2v) is 10.1. The molecule has 162 valence electrons. The summed E-state index contributed by atoms with van der Waals surface area (Å²) in [7, 11) is 0. The highest BCUT2D eigenvalue weighted by Crippen LogP contribution is 2.31. The summed E-state index contributed by atoms with van der Waals surface area (Å²) < 4.78 is 19.3. The Morgan fingerprint density at radius 1 is 1.16 bits per heavy atom. The summed E-state index contributed by atoms with van der Waals surface area (Å²) in [6.07, 6.45) is 1.52. The van der Waals surface area contributed by atoms with E-state index >= 15 is 0 Å². The Morgan fingerprint density at radius 2 is 1.87 bits per heavy atom. The zero-order valence-corrected chi connectivity index (χ0v) is 23.4. The molecule has 3 aromatic rings. The van der Waals surface area contributed by atoms with Crippen molar-refractivity contribution >= 4 is 106 Å². The predicted molar refractivity (Wildman–Crippen MR) is 141 cm³/mol. The second kappa shape index (κ2) is 11.1. The van der Waals surface area contributed by atoms with Gasteiger partial charge in [-0.25, -0.2) is 10.2 Å². The van der Waals surface area contributed by atoms with Gasteiger partial charge >= 0.3 is 11.9 Å². The second-order valence-electron chi connectivity index (χ2n) is 6.02. The van der Waals surface area contributed by atoms with E-state index in [0.29, 0.717) is 17.9 Å². The minimum atomic E-state index is -0.464. The lowest BCUT2D eigenvalue weighted by Crippen LogP contribution is -2.17. The number of amides is 1. The molecule has 0 atom stereocenters. The third-order valence-corrected chi connectivity index (χ3v) is 6.45. The molecule has 1 heterocycles. The van der Waals surface area contributed by atoms with Crippen LogP contribution < -0.4 is 10.2 Å². The molecule has 0 aliphatic carbocycles. The summed E-state index contributed by atoms with van der Waals surface area (Å²) in [5.74, 6) is -0.144. The Morgan fingerprint density at radius 3 is 2.55 bits per heavy atom. The summed E-state index contributed by atoms with van der Waals surface area (Å²) in [4.78, 5) is 23.9. The zero-order valence-electron chi connectivity index (χ0n) is 15.9. The quantitative estimate of drug-likeness (QED) is 0.140. The number of carbonyl (C=O) groups is 2. The van der Waals surface area contributed by atoms with Crippen LogP contribution in [0.3, 0.4) is 0 Å². The molecule has 0 aliphatic rings. The third-order valence-electron chi connectivity index (χ3n) is 3.80. The van der Waals surface area contributed by atoms with Crippen molar-refractivity contribution in [2.75, 3.05) is 13.2 Å². The molecule has 0 unspecified atom stereocenters. The Balaban J connectivity index is 1.67. The first-order valence-corrected chi connectivity index (χ1v) is 12.5. The van der Waals surface area contributed by atoms with Crippen molar-refractivity contribution in [3.63, 3.8) is 0 Å². The normalized spacial score (nSPS) is 11.1. The first kappa shape index (κ1) is 24.5. The van der Waals surface area contributed by atoms with E-state index in [-0.39, 0.29) is 12.4 Å². The van der Waals surface area contributed by atoms with Crippen LogP contribution in [0.4, 0.5) is 0 Å². The van der Waals surface area contributed by atoms with E-state index < -0.39 is 11.9 Å². The van der Waals surface area contributed by atoms with Crippen LogP contribution in [0.2, 0.25) is 0 Å². The van der Waals surface area contributed by atoms with Crippen molar-refractivity contribution < 1.29 is 23.5 Å². The number of benzene rings is 2.